The fourth-order valence-electron chi connectivity index (χ4n) is 2.68. The smallest absolute Gasteiger partial charge is 0.221 e. The van der Waals surface area contributed by atoms with Gasteiger partial charge in [0.15, 0.2) is 0 Å². The van der Waals surface area contributed by atoms with Crippen molar-refractivity contribution in [3.63, 3.8) is 0 Å². The van der Waals surface area contributed by atoms with E-state index in [0.717, 1.165) is 19.6 Å². The molecule has 4 heteroatoms. The molecule has 2 aromatic rings. The molecule has 1 N–H and O–H groups in total. The van der Waals surface area contributed by atoms with Crippen molar-refractivity contribution in [2.24, 2.45) is 0 Å². The normalized spacial score (nSPS) is 20.4. The predicted octanol–water partition coefficient (Wildman–Crippen LogP) is 2.81. The fourth-order valence-corrected chi connectivity index (χ4v) is 3.34. The number of carbonyl (C=O) groups is 1. The first kappa shape index (κ1) is 13.3. The van der Waals surface area contributed by atoms with Crippen molar-refractivity contribution in [3.05, 3.63) is 58.3 Å². The highest BCUT2D eigenvalue weighted by atomic mass is 32.1. The number of nitrogens with one attached hydrogen (secondary N) is 1. The topological polar surface area (TPSA) is 32.3 Å². The first-order valence-electron chi connectivity index (χ1n) is 6.90. The number of amides is 1. The molecule has 1 atom stereocenters. The van der Waals surface area contributed by atoms with Crippen molar-refractivity contribution < 1.29 is 4.79 Å². The summed E-state index contributed by atoms with van der Waals surface area (Å²) < 4.78 is 0. The summed E-state index contributed by atoms with van der Waals surface area (Å²) in [5.41, 5.74) is 2.55. The van der Waals surface area contributed by atoms with Crippen molar-refractivity contribution in [2.75, 3.05) is 13.1 Å². The zero-order valence-electron chi connectivity index (χ0n) is 11.3. The van der Waals surface area contributed by atoms with Gasteiger partial charge in [-0.15, -0.1) is 0 Å². The van der Waals surface area contributed by atoms with E-state index in [4.69, 9.17) is 0 Å². The molecule has 2 heterocycles. The quantitative estimate of drug-likeness (QED) is 0.941. The number of thiophene rings is 1. The fraction of sp³-hybridized carbons (Fsp3) is 0.312. The second-order valence-corrected chi connectivity index (χ2v) is 5.86. The van der Waals surface area contributed by atoms with E-state index in [-0.39, 0.29) is 11.9 Å². The first-order valence-corrected chi connectivity index (χ1v) is 7.84. The SMILES string of the molecule is O=C1C[C@H](c2ccccc2)N(Cc2ccsc2)CCN1. The standard InChI is InChI=1S/C16H18N2OS/c19-16-10-15(14-4-2-1-3-5-14)18(8-7-17-16)11-13-6-9-20-12-13/h1-6,9,12,15H,7-8,10-11H2,(H,17,19)/t15-/m1/s1. The third kappa shape index (κ3) is 3.08. The van der Waals surface area contributed by atoms with Crippen LogP contribution in [-0.2, 0) is 11.3 Å². The Hall–Kier alpha value is -1.65. The van der Waals surface area contributed by atoms with E-state index >= 15 is 0 Å². The maximum atomic E-state index is 11.9. The van der Waals surface area contributed by atoms with Gasteiger partial charge in [-0.1, -0.05) is 30.3 Å². The van der Waals surface area contributed by atoms with Gasteiger partial charge >= 0.3 is 0 Å². The van der Waals surface area contributed by atoms with Gasteiger partial charge in [0, 0.05) is 32.1 Å². The third-order valence-corrected chi connectivity index (χ3v) is 4.42. The van der Waals surface area contributed by atoms with Crippen molar-refractivity contribution in [2.45, 2.75) is 19.0 Å². The van der Waals surface area contributed by atoms with Gasteiger partial charge in [0.05, 0.1) is 0 Å². The number of hydrogen-bond acceptors (Lipinski definition) is 3. The van der Waals surface area contributed by atoms with E-state index in [9.17, 15) is 4.79 Å². The van der Waals surface area contributed by atoms with Crippen molar-refractivity contribution in [1.29, 1.82) is 0 Å². The second kappa shape index (κ2) is 6.20. The summed E-state index contributed by atoms with van der Waals surface area (Å²) in [6, 6.07) is 12.7. The van der Waals surface area contributed by atoms with Crippen LogP contribution >= 0.6 is 11.3 Å². The minimum Gasteiger partial charge on any atom is -0.355 e. The molecule has 1 fully saturated rings. The van der Waals surface area contributed by atoms with Crippen LogP contribution in [-0.4, -0.2) is 23.9 Å². The van der Waals surface area contributed by atoms with Gasteiger partial charge in [0.2, 0.25) is 5.91 Å². The van der Waals surface area contributed by atoms with Crippen LogP contribution < -0.4 is 5.32 Å². The summed E-state index contributed by atoms with van der Waals surface area (Å²) in [5.74, 6) is 0.145. The number of nitrogens with zero attached hydrogens (tertiary/aromatic N) is 1. The number of carbonyl (C=O) groups excluding carboxylic acids is 1. The molecule has 20 heavy (non-hydrogen) atoms. The summed E-state index contributed by atoms with van der Waals surface area (Å²) in [6.07, 6.45) is 0.536. The highest BCUT2D eigenvalue weighted by Crippen LogP contribution is 2.27. The number of hydrogen-bond donors (Lipinski definition) is 1. The lowest BCUT2D eigenvalue weighted by Crippen LogP contribution is -2.30. The van der Waals surface area contributed by atoms with Crippen LogP contribution in [0, 0.1) is 0 Å². The van der Waals surface area contributed by atoms with Gasteiger partial charge in [-0.3, -0.25) is 9.69 Å². The molecule has 0 spiro atoms. The predicted molar refractivity (Wildman–Crippen MR) is 81.5 cm³/mol. The highest BCUT2D eigenvalue weighted by Gasteiger charge is 2.26. The Morgan fingerprint density at radius 3 is 2.85 bits per heavy atom. The van der Waals surface area contributed by atoms with Crippen LogP contribution in [0.2, 0.25) is 0 Å². The summed E-state index contributed by atoms with van der Waals surface area (Å²) in [5, 5.41) is 7.26. The van der Waals surface area contributed by atoms with E-state index in [1.165, 1.54) is 11.1 Å². The molecule has 1 aliphatic rings. The van der Waals surface area contributed by atoms with E-state index in [1.807, 2.05) is 18.2 Å². The van der Waals surface area contributed by atoms with Crippen LogP contribution in [0.4, 0.5) is 0 Å². The Morgan fingerprint density at radius 2 is 2.10 bits per heavy atom. The summed E-state index contributed by atoms with van der Waals surface area (Å²) in [7, 11) is 0. The van der Waals surface area contributed by atoms with E-state index < -0.39 is 0 Å². The van der Waals surface area contributed by atoms with Crippen molar-refractivity contribution in [1.82, 2.24) is 10.2 Å². The summed E-state index contributed by atoms with van der Waals surface area (Å²) in [4.78, 5) is 14.3. The molecule has 3 rings (SSSR count). The van der Waals surface area contributed by atoms with Crippen LogP contribution in [0.25, 0.3) is 0 Å². The van der Waals surface area contributed by atoms with Crippen molar-refractivity contribution >= 4 is 17.2 Å². The molecule has 1 amide bonds. The molecule has 1 saturated heterocycles. The number of benzene rings is 1. The Kier molecular flexibility index (Phi) is 4.14. The van der Waals surface area contributed by atoms with E-state index in [1.54, 1.807) is 11.3 Å². The van der Waals surface area contributed by atoms with Gasteiger partial charge in [0.1, 0.15) is 0 Å². The molecule has 1 aromatic carbocycles. The van der Waals surface area contributed by atoms with Crippen LogP contribution in [0.1, 0.15) is 23.6 Å². The Labute approximate surface area is 123 Å². The minimum atomic E-state index is 0.145. The molecular formula is C16H18N2OS. The largest absolute Gasteiger partial charge is 0.355 e. The molecule has 0 bridgehead atoms. The Bertz CT molecular complexity index is 553. The summed E-state index contributed by atoms with van der Waals surface area (Å²) >= 11 is 1.72. The lowest BCUT2D eigenvalue weighted by Gasteiger charge is -2.29. The van der Waals surface area contributed by atoms with Crippen molar-refractivity contribution in [3.8, 4) is 0 Å². The highest BCUT2D eigenvalue weighted by molar-refractivity contribution is 7.07. The zero-order chi connectivity index (χ0) is 13.8. The average molecular weight is 286 g/mol. The molecule has 3 nitrogen and oxygen atoms in total. The monoisotopic (exact) mass is 286 g/mol. The first-order chi connectivity index (χ1) is 9.83. The van der Waals surface area contributed by atoms with Gasteiger partial charge in [-0.25, -0.2) is 0 Å². The van der Waals surface area contributed by atoms with Crippen LogP contribution in [0.15, 0.2) is 47.2 Å². The number of rotatable bonds is 3. The molecule has 0 saturated carbocycles. The van der Waals surface area contributed by atoms with Gasteiger partial charge in [-0.2, -0.15) is 11.3 Å². The molecule has 104 valence electrons. The molecule has 0 aliphatic carbocycles. The molecule has 1 aliphatic heterocycles. The zero-order valence-corrected chi connectivity index (χ0v) is 12.1. The molecule has 1 aromatic heterocycles. The molecule has 0 unspecified atom stereocenters. The average Bonchev–Trinajstić information content (AvgIpc) is 2.91. The second-order valence-electron chi connectivity index (χ2n) is 5.08. The lowest BCUT2D eigenvalue weighted by atomic mass is 10.0. The Balaban J connectivity index is 1.85. The van der Waals surface area contributed by atoms with Gasteiger partial charge in [-0.05, 0) is 28.0 Å². The third-order valence-electron chi connectivity index (χ3n) is 3.69. The lowest BCUT2D eigenvalue weighted by molar-refractivity contribution is -0.121. The van der Waals surface area contributed by atoms with E-state index in [0.29, 0.717) is 6.42 Å². The van der Waals surface area contributed by atoms with E-state index in [2.05, 4.69) is 39.2 Å². The van der Waals surface area contributed by atoms with Gasteiger partial charge < -0.3 is 5.32 Å². The maximum Gasteiger partial charge on any atom is 0.221 e. The van der Waals surface area contributed by atoms with Gasteiger partial charge in [0.25, 0.3) is 0 Å². The minimum absolute atomic E-state index is 0.145. The molecular weight excluding hydrogens is 268 g/mol. The maximum absolute atomic E-state index is 11.9. The molecule has 0 radical (unpaired) electrons. The van der Waals surface area contributed by atoms with Crippen LogP contribution in [0.5, 0.6) is 0 Å². The Morgan fingerprint density at radius 1 is 1.25 bits per heavy atom. The van der Waals surface area contributed by atoms with Crippen LogP contribution in [0.3, 0.4) is 0 Å². The summed E-state index contributed by atoms with van der Waals surface area (Å²) in [6.45, 7) is 2.52.